The third kappa shape index (κ3) is 2.69. The predicted octanol–water partition coefficient (Wildman–Crippen LogP) is 2.18. The molecule has 1 aromatic heterocycles. The van der Waals surface area contributed by atoms with E-state index < -0.39 is 5.41 Å². The lowest BCUT2D eigenvalue weighted by molar-refractivity contribution is -0.140. The highest BCUT2D eigenvalue weighted by Crippen LogP contribution is 2.32. The Morgan fingerprint density at radius 1 is 1.61 bits per heavy atom. The van der Waals surface area contributed by atoms with Gasteiger partial charge in [0.05, 0.1) is 12.0 Å². The normalized spacial score (nSPS) is 15.8. The zero-order chi connectivity index (χ0) is 13.3. The number of carbonyl (C=O) groups is 1. The van der Waals surface area contributed by atoms with E-state index in [1.165, 1.54) is 0 Å². The van der Waals surface area contributed by atoms with Crippen LogP contribution in [0.2, 0.25) is 0 Å². The van der Waals surface area contributed by atoms with Gasteiger partial charge in [-0.25, -0.2) is 4.98 Å². The molecule has 1 amide bonds. The summed E-state index contributed by atoms with van der Waals surface area (Å²) in [5.74, 6) is 1.39. The Bertz CT molecular complexity index is 437. The van der Waals surface area contributed by atoms with Gasteiger partial charge >= 0.3 is 0 Å². The predicted molar refractivity (Wildman–Crippen MR) is 71.3 cm³/mol. The van der Waals surface area contributed by atoms with Gasteiger partial charge in [0.2, 0.25) is 5.91 Å². The van der Waals surface area contributed by atoms with Crippen molar-refractivity contribution in [2.24, 2.45) is 12.5 Å². The minimum Gasteiger partial charge on any atom is -0.337 e. The Morgan fingerprint density at radius 3 is 2.72 bits per heavy atom. The third-order valence-electron chi connectivity index (χ3n) is 3.39. The van der Waals surface area contributed by atoms with Gasteiger partial charge in [-0.3, -0.25) is 4.79 Å². The SMILES string of the molecule is Cn1ccnc1CN(C(=O)C(C)(C)CCl)C1CC1. The van der Waals surface area contributed by atoms with Gasteiger partial charge in [-0.2, -0.15) is 0 Å². The number of rotatable bonds is 5. The van der Waals surface area contributed by atoms with Crippen LogP contribution in [0.1, 0.15) is 32.5 Å². The lowest BCUT2D eigenvalue weighted by atomic mass is 9.94. The summed E-state index contributed by atoms with van der Waals surface area (Å²) >= 11 is 5.90. The van der Waals surface area contributed by atoms with Crippen LogP contribution in [0, 0.1) is 5.41 Å². The second kappa shape index (κ2) is 4.92. The van der Waals surface area contributed by atoms with E-state index >= 15 is 0 Å². The van der Waals surface area contributed by atoms with Crippen LogP contribution < -0.4 is 0 Å². The fourth-order valence-corrected chi connectivity index (χ4v) is 2.01. The van der Waals surface area contributed by atoms with Gasteiger partial charge in [0.15, 0.2) is 0 Å². The first-order valence-corrected chi connectivity index (χ1v) is 6.82. The molecule has 2 rings (SSSR count). The Hall–Kier alpha value is -1.03. The lowest BCUT2D eigenvalue weighted by Gasteiger charge is -2.30. The van der Waals surface area contributed by atoms with Gasteiger partial charge in [0.1, 0.15) is 5.82 Å². The summed E-state index contributed by atoms with van der Waals surface area (Å²) in [4.78, 5) is 18.7. The first kappa shape index (κ1) is 13.4. The van der Waals surface area contributed by atoms with Crippen molar-refractivity contribution in [3.63, 3.8) is 0 Å². The van der Waals surface area contributed by atoms with Crippen molar-refractivity contribution in [2.75, 3.05) is 5.88 Å². The third-order valence-corrected chi connectivity index (χ3v) is 4.06. The number of aryl methyl sites for hydroxylation is 1. The van der Waals surface area contributed by atoms with Crippen LogP contribution in [0.5, 0.6) is 0 Å². The standard InChI is InChI=1S/C13H20ClN3O/c1-13(2,9-14)12(18)17(10-4-5-10)8-11-15-6-7-16(11)3/h6-7,10H,4-5,8-9H2,1-3H3. The Kier molecular flexibility index (Phi) is 3.66. The van der Waals surface area contributed by atoms with Gasteiger partial charge in [0.25, 0.3) is 0 Å². The smallest absolute Gasteiger partial charge is 0.230 e. The summed E-state index contributed by atoms with van der Waals surface area (Å²) < 4.78 is 1.95. The number of imidazole rings is 1. The van der Waals surface area contributed by atoms with Crippen molar-refractivity contribution in [2.45, 2.75) is 39.3 Å². The molecule has 1 saturated carbocycles. The van der Waals surface area contributed by atoms with Crippen LogP contribution in [0.25, 0.3) is 0 Å². The average molecular weight is 270 g/mol. The van der Waals surface area contributed by atoms with Crippen molar-refractivity contribution in [1.82, 2.24) is 14.5 Å². The number of alkyl halides is 1. The molecule has 5 heteroatoms. The van der Waals surface area contributed by atoms with E-state index in [1.807, 2.05) is 36.6 Å². The van der Waals surface area contributed by atoms with E-state index in [9.17, 15) is 4.79 Å². The number of carbonyl (C=O) groups excluding carboxylic acids is 1. The number of halogens is 1. The zero-order valence-corrected chi connectivity index (χ0v) is 11.9. The molecule has 0 N–H and O–H groups in total. The Labute approximate surface area is 113 Å². The highest BCUT2D eigenvalue weighted by molar-refractivity contribution is 6.19. The molecule has 4 nitrogen and oxygen atoms in total. The first-order valence-electron chi connectivity index (χ1n) is 6.29. The summed E-state index contributed by atoms with van der Waals surface area (Å²) in [5, 5.41) is 0. The fraction of sp³-hybridized carbons (Fsp3) is 0.692. The van der Waals surface area contributed by atoms with Crippen LogP contribution in [0.3, 0.4) is 0 Å². The molecule has 1 aliphatic carbocycles. The van der Waals surface area contributed by atoms with E-state index in [0.29, 0.717) is 18.5 Å². The largest absolute Gasteiger partial charge is 0.337 e. The summed E-state index contributed by atoms with van der Waals surface area (Å²) in [6.45, 7) is 4.37. The van der Waals surface area contributed by atoms with E-state index in [2.05, 4.69) is 4.98 Å². The van der Waals surface area contributed by atoms with E-state index in [4.69, 9.17) is 11.6 Å². The molecule has 0 saturated heterocycles. The molecule has 1 fully saturated rings. The fourth-order valence-electron chi connectivity index (χ4n) is 1.90. The second-order valence-electron chi connectivity index (χ2n) is 5.64. The summed E-state index contributed by atoms with van der Waals surface area (Å²) in [6, 6.07) is 0.372. The molecule has 1 heterocycles. The molecule has 1 aliphatic rings. The van der Waals surface area contributed by atoms with Crippen molar-refractivity contribution >= 4 is 17.5 Å². The number of hydrogen-bond donors (Lipinski definition) is 0. The zero-order valence-electron chi connectivity index (χ0n) is 11.2. The molecule has 0 radical (unpaired) electrons. The van der Waals surface area contributed by atoms with Crippen molar-refractivity contribution in [1.29, 1.82) is 0 Å². The van der Waals surface area contributed by atoms with Crippen LogP contribution in [-0.2, 0) is 18.4 Å². The molecular weight excluding hydrogens is 250 g/mol. The maximum absolute atomic E-state index is 12.5. The second-order valence-corrected chi connectivity index (χ2v) is 5.90. The highest BCUT2D eigenvalue weighted by atomic mass is 35.5. The molecule has 18 heavy (non-hydrogen) atoms. The van der Waals surface area contributed by atoms with Gasteiger partial charge in [-0.05, 0) is 26.7 Å². The minimum absolute atomic E-state index is 0.128. The van der Waals surface area contributed by atoms with E-state index in [-0.39, 0.29) is 5.91 Å². The molecule has 100 valence electrons. The summed E-state index contributed by atoms with van der Waals surface area (Å²) in [5.41, 5.74) is -0.505. The monoisotopic (exact) mass is 269 g/mol. The topological polar surface area (TPSA) is 38.1 Å². The maximum atomic E-state index is 12.5. The van der Waals surface area contributed by atoms with Gasteiger partial charge < -0.3 is 9.47 Å². The van der Waals surface area contributed by atoms with Gasteiger partial charge in [-0.15, -0.1) is 11.6 Å². The highest BCUT2D eigenvalue weighted by Gasteiger charge is 2.39. The van der Waals surface area contributed by atoms with Gasteiger partial charge in [0, 0.05) is 31.4 Å². The minimum atomic E-state index is -0.505. The number of aromatic nitrogens is 2. The quantitative estimate of drug-likeness (QED) is 0.769. The lowest BCUT2D eigenvalue weighted by Crippen LogP contribution is -2.43. The van der Waals surface area contributed by atoms with Crippen LogP contribution in [0.15, 0.2) is 12.4 Å². The summed E-state index contributed by atoms with van der Waals surface area (Å²) in [7, 11) is 1.95. The molecule has 0 aliphatic heterocycles. The van der Waals surface area contributed by atoms with Crippen molar-refractivity contribution in [3.05, 3.63) is 18.2 Å². The molecule has 1 aromatic rings. The Balaban J connectivity index is 2.14. The van der Waals surface area contributed by atoms with Crippen LogP contribution >= 0.6 is 11.6 Å². The Morgan fingerprint density at radius 2 is 2.28 bits per heavy atom. The molecule has 0 unspecified atom stereocenters. The number of amides is 1. The summed E-state index contributed by atoms with van der Waals surface area (Å²) in [6.07, 6.45) is 5.85. The molecule has 0 spiro atoms. The van der Waals surface area contributed by atoms with E-state index in [0.717, 1.165) is 18.7 Å². The van der Waals surface area contributed by atoms with Crippen molar-refractivity contribution in [3.8, 4) is 0 Å². The molecule has 0 atom stereocenters. The number of hydrogen-bond acceptors (Lipinski definition) is 2. The van der Waals surface area contributed by atoms with Gasteiger partial charge in [-0.1, -0.05) is 0 Å². The first-order chi connectivity index (χ1) is 8.45. The van der Waals surface area contributed by atoms with Crippen molar-refractivity contribution < 1.29 is 4.79 Å². The van der Waals surface area contributed by atoms with Crippen LogP contribution in [-0.4, -0.2) is 32.3 Å². The maximum Gasteiger partial charge on any atom is 0.230 e. The molecular formula is C13H20ClN3O. The number of nitrogens with zero attached hydrogens (tertiary/aromatic N) is 3. The average Bonchev–Trinajstić information content (AvgIpc) is 3.10. The van der Waals surface area contributed by atoms with E-state index in [1.54, 1.807) is 6.20 Å². The molecule has 0 bridgehead atoms. The molecule has 0 aromatic carbocycles. The van der Waals surface area contributed by atoms with Crippen LogP contribution in [0.4, 0.5) is 0 Å².